The number of carbonyl (C=O) groups is 1. The standard InChI is InChI=1S/C19H21N5OS/c25-19(16-3-5-17(6-4-16)24-10-1-7-21-24)23-9-2-8-22(11-12-23)14-18-13-20-15-26-18/h1,3-7,10,13,15H,2,8-9,11-12,14H2. The number of hydrogen-bond donors (Lipinski definition) is 0. The number of amides is 1. The molecular weight excluding hydrogens is 346 g/mol. The first kappa shape index (κ1) is 16.9. The highest BCUT2D eigenvalue weighted by Crippen LogP contribution is 2.15. The zero-order chi connectivity index (χ0) is 17.8. The van der Waals surface area contributed by atoms with Gasteiger partial charge in [0.05, 0.1) is 11.2 Å². The van der Waals surface area contributed by atoms with Crippen molar-refractivity contribution in [2.75, 3.05) is 26.2 Å². The summed E-state index contributed by atoms with van der Waals surface area (Å²) in [6.45, 7) is 4.40. The van der Waals surface area contributed by atoms with E-state index in [1.54, 1.807) is 22.2 Å². The van der Waals surface area contributed by atoms with Crippen molar-refractivity contribution in [2.24, 2.45) is 0 Å². The van der Waals surface area contributed by atoms with Crippen LogP contribution in [0.15, 0.2) is 54.4 Å². The summed E-state index contributed by atoms with van der Waals surface area (Å²) >= 11 is 1.69. The lowest BCUT2D eigenvalue weighted by Crippen LogP contribution is -2.35. The van der Waals surface area contributed by atoms with Crippen LogP contribution >= 0.6 is 11.3 Å². The van der Waals surface area contributed by atoms with Gasteiger partial charge in [-0.05, 0) is 36.8 Å². The van der Waals surface area contributed by atoms with Gasteiger partial charge >= 0.3 is 0 Å². The molecule has 0 aliphatic carbocycles. The van der Waals surface area contributed by atoms with Crippen molar-refractivity contribution in [3.63, 3.8) is 0 Å². The summed E-state index contributed by atoms with van der Waals surface area (Å²) in [7, 11) is 0. The van der Waals surface area contributed by atoms with E-state index >= 15 is 0 Å². The summed E-state index contributed by atoms with van der Waals surface area (Å²) in [6, 6.07) is 9.54. The zero-order valence-electron chi connectivity index (χ0n) is 14.5. The van der Waals surface area contributed by atoms with E-state index < -0.39 is 0 Å². The summed E-state index contributed by atoms with van der Waals surface area (Å²) in [5.41, 5.74) is 3.56. The fraction of sp³-hybridized carbons (Fsp3) is 0.316. The molecule has 4 rings (SSSR count). The summed E-state index contributed by atoms with van der Waals surface area (Å²) in [5.74, 6) is 0.108. The number of carbonyl (C=O) groups excluding carboxylic acids is 1. The molecule has 6 nitrogen and oxygen atoms in total. The Morgan fingerprint density at radius 3 is 2.73 bits per heavy atom. The van der Waals surface area contributed by atoms with Crippen LogP contribution < -0.4 is 0 Å². The molecular formula is C19H21N5OS. The minimum Gasteiger partial charge on any atom is -0.337 e. The van der Waals surface area contributed by atoms with Crippen LogP contribution in [0.3, 0.4) is 0 Å². The van der Waals surface area contributed by atoms with Crippen molar-refractivity contribution in [1.29, 1.82) is 0 Å². The lowest BCUT2D eigenvalue weighted by Gasteiger charge is -2.21. The van der Waals surface area contributed by atoms with Gasteiger partial charge in [0, 0.05) is 61.8 Å². The van der Waals surface area contributed by atoms with E-state index in [9.17, 15) is 4.79 Å². The third-order valence-corrected chi connectivity index (χ3v) is 5.39. The van der Waals surface area contributed by atoms with Crippen molar-refractivity contribution in [3.8, 4) is 5.69 Å². The lowest BCUT2D eigenvalue weighted by molar-refractivity contribution is 0.0761. The van der Waals surface area contributed by atoms with Crippen LogP contribution in [-0.2, 0) is 6.54 Å². The zero-order valence-corrected chi connectivity index (χ0v) is 15.3. The Bertz CT molecular complexity index is 829. The van der Waals surface area contributed by atoms with Gasteiger partial charge in [-0.15, -0.1) is 11.3 Å². The van der Waals surface area contributed by atoms with Crippen LogP contribution in [0.4, 0.5) is 0 Å². The lowest BCUT2D eigenvalue weighted by atomic mass is 10.1. The van der Waals surface area contributed by atoms with Crippen LogP contribution in [0, 0.1) is 0 Å². The Morgan fingerprint density at radius 2 is 2.00 bits per heavy atom. The summed E-state index contributed by atoms with van der Waals surface area (Å²) in [6.07, 6.45) is 6.56. The predicted molar refractivity (Wildman–Crippen MR) is 101 cm³/mol. The molecule has 3 aromatic rings. The van der Waals surface area contributed by atoms with Crippen LogP contribution in [0.5, 0.6) is 0 Å². The van der Waals surface area contributed by atoms with E-state index in [4.69, 9.17) is 0 Å². The van der Waals surface area contributed by atoms with Gasteiger partial charge in [-0.25, -0.2) is 4.68 Å². The van der Waals surface area contributed by atoms with Crippen molar-refractivity contribution < 1.29 is 4.79 Å². The minimum atomic E-state index is 0.108. The second-order valence-electron chi connectivity index (χ2n) is 6.39. The first-order valence-electron chi connectivity index (χ1n) is 8.79. The van der Waals surface area contributed by atoms with Crippen LogP contribution in [0.2, 0.25) is 0 Å². The molecule has 1 aromatic carbocycles. The van der Waals surface area contributed by atoms with E-state index in [-0.39, 0.29) is 5.91 Å². The first-order chi connectivity index (χ1) is 12.8. The number of benzene rings is 1. The highest BCUT2D eigenvalue weighted by molar-refractivity contribution is 7.09. The first-order valence-corrected chi connectivity index (χ1v) is 9.67. The molecule has 0 atom stereocenters. The smallest absolute Gasteiger partial charge is 0.253 e. The predicted octanol–water partition coefficient (Wildman–Crippen LogP) is 2.68. The highest BCUT2D eigenvalue weighted by atomic mass is 32.1. The molecule has 1 fully saturated rings. The van der Waals surface area contributed by atoms with Crippen molar-refractivity contribution in [3.05, 3.63) is 64.9 Å². The molecule has 26 heavy (non-hydrogen) atoms. The van der Waals surface area contributed by atoms with Crippen LogP contribution in [0.25, 0.3) is 5.69 Å². The molecule has 2 aromatic heterocycles. The fourth-order valence-corrected chi connectivity index (χ4v) is 3.87. The van der Waals surface area contributed by atoms with Gasteiger partial charge in [-0.1, -0.05) is 0 Å². The average Bonchev–Trinajstić information content (AvgIpc) is 3.33. The maximum absolute atomic E-state index is 12.9. The number of hydrogen-bond acceptors (Lipinski definition) is 5. The largest absolute Gasteiger partial charge is 0.337 e. The number of rotatable bonds is 4. The molecule has 7 heteroatoms. The molecule has 0 bridgehead atoms. The van der Waals surface area contributed by atoms with Gasteiger partial charge in [0.25, 0.3) is 5.91 Å². The SMILES string of the molecule is O=C(c1ccc(-n2cccn2)cc1)N1CCCN(Cc2cncs2)CC1. The Hall–Kier alpha value is -2.51. The topological polar surface area (TPSA) is 54.3 Å². The Morgan fingerprint density at radius 1 is 1.12 bits per heavy atom. The highest BCUT2D eigenvalue weighted by Gasteiger charge is 2.20. The van der Waals surface area contributed by atoms with Gasteiger partial charge in [0.2, 0.25) is 0 Å². The third-order valence-electron chi connectivity index (χ3n) is 4.62. The maximum atomic E-state index is 12.9. The fourth-order valence-electron chi connectivity index (χ4n) is 3.23. The van der Waals surface area contributed by atoms with Gasteiger partial charge in [-0.3, -0.25) is 14.7 Å². The molecule has 0 N–H and O–H groups in total. The monoisotopic (exact) mass is 367 g/mol. The van der Waals surface area contributed by atoms with Crippen molar-refractivity contribution >= 4 is 17.2 Å². The Kier molecular flexibility index (Phi) is 5.08. The molecule has 1 aliphatic rings. The van der Waals surface area contributed by atoms with Gasteiger partial charge in [0.1, 0.15) is 0 Å². The van der Waals surface area contributed by atoms with E-state index in [1.807, 2.05) is 53.1 Å². The average molecular weight is 367 g/mol. The molecule has 1 aliphatic heterocycles. The summed E-state index contributed by atoms with van der Waals surface area (Å²) in [4.78, 5) is 22.6. The molecule has 0 saturated carbocycles. The molecule has 0 unspecified atom stereocenters. The summed E-state index contributed by atoms with van der Waals surface area (Å²) in [5, 5.41) is 4.21. The minimum absolute atomic E-state index is 0.108. The molecule has 134 valence electrons. The van der Waals surface area contributed by atoms with Gasteiger partial charge < -0.3 is 4.90 Å². The number of thiazole rings is 1. The molecule has 1 saturated heterocycles. The molecule has 0 radical (unpaired) electrons. The normalized spacial score (nSPS) is 15.8. The van der Waals surface area contributed by atoms with Gasteiger partial charge in [0.15, 0.2) is 0 Å². The third kappa shape index (κ3) is 3.84. The maximum Gasteiger partial charge on any atom is 0.253 e. The van der Waals surface area contributed by atoms with Gasteiger partial charge in [-0.2, -0.15) is 5.10 Å². The van der Waals surface area contributed by atoms with E-state index in [1.165, 1.54) is 4.88 Å². The molecule has 0 spiro atoms. The number of nitrogens with zero attached hydrogens (tertiary/aromatic N) is 5. The van der Waals surface area contributed by atoms with Crippen molar-refractivity contribution in [1.82, 2.24) is 24.6 Å². The Balaban J connectivity index is 1.38. The quantitative estimate of drug-likeness (QED) is 0.711. The van der Waals surface area contributed by atoms with E-state index in [2.05, 4.69) is 15.0 Å². The Labute approximate surface area is 156 Å². The van der Waals surface area contributed by atoms with Crippen molar-refractivity contribution in [2.45, 2.75) is 13.0 Å². The van der Waals surface area contributed by atoms with E-state index in [0.29, 0.717) is 0 Å². The van der Waals surface area contributed by atoms with Crippen LogP contribution in [-0.4, -0.2) is 56.7 Å². The summed E-state index contributed by atoms with van der Waals surface area (Å²) < 4.78 is 1.79. The van der Waals surface area contributed by atoms with Crippen LogP contribution in [0.1, 0.15) is 21.7 Å². The second-order valence-corrected chi connectivity index (χ2v) is 7.36. The van der Waals surface area contributed by atoms with E-state index in [0.717, 1.165) is 50.4 Å². The second kappa shape index (κ2) is 7.80. The molecule has 1 amide bonds. The number of aromatic nitrogens is 3. The molecule has 3 heterocycles.